The van der Waals surface area contributed by atoms with Gasteiger partial charge in [0.1, 0.15) is 19.2 Å². The van der Waals surface area contributed by atoms with Crippen molar-refractivity contribution in [2.45, 2.75) is 6.04 Å². The first-order valence-corrected chi connectivity index (χ1v) is 4.40. The van der Waals surface area contributed by atoms with Gasteiger partial charge in [0.15, 0.2) is 0 Å². The lowest BCUT2D eigenvalue weighted by atomic mass is 10.3. The number of nitrogens with two attached hydrogens (primary N) is 1. The number of amides is 1. The largest absolute Gasteiger partial charge is 0.460 e. The first kappa shape index (κ1) is 13.6. The fourth-order valence-electron chi connectivity index (χ4n) is 0.749. The van der Waals surface area contributed by atoms with E-state index in [0.29, 0.717) is 0 Å². The monoisotopic (exact) mass is 216 g/mol. The minimum atomic E-state index is -0.776. The maximum absolute atomic E-state index is 11.2. The maximum Gasteiger partial charge on any atom is 0.325 e. The number of hydrogen-bond donors (Lipinski definition) is 2. The van der Waals surface area contributed by atoms with Gasteiger partial charge < -0.3 is 20.5 Å². The molecule has 0 aromatic rings. The summed E-state index contributed by atoms with van der Waals surface area (Å²) in [6, 6.07) is -0.776. The Kier molecular flexibility index (Phi) is 7.21. The molecule has 0 radical (unpaired) electrons. The number of carbonyl (C=O) groups excluding carboxylic acids is 2. The molecule has 0 aliphatic carbocycles. The molecule has 0 fully saturated rings. The van der Waals surface area contributed by atoms with Crippen molar-refractivity contribution in [1.29, 1.82) is 0 Å². The summed E-state index contributed by atoms with van der Waals surface area (Å²) in [6.07, 6.45) is 1.44. The van der Waals surface area contributed by atoms with Crippen LogP contribution in [0.2, 0.25) is 0 Å². The molecule has 6 nitrogen and oxygen atoms in total. The van der Waals surface area contributed by atoms with Gasteiger partial charge in [-0.1, -0.05) is 12.7 Å². The summed E-state index contributed by atoms with van der Waals surface area (Å²) in [4.78, 5) is 22.1. The van der Waals surface area contributed by atoms with E-state index in [9.17, 15) is 9.59 Å². The molecular weight excluding hydrogens is 200 g/mol. The van der Waals surface area contributed by atoms with Crippen LogP contribution in [-0.4, -0.2) is 44.8 Å². The van der Waals surface area contributed by atoms with Crippen molar-refractivity contribution in [2.75, 3.05) is 26.9 Å². The number of hydrogen-bond acceptors (Lipinski definition) is 5. The van der Waals surface area contributed by atoms with Crippen LogP contribution in [0.4, 0.5) is 0 Å². The van der Waals surface area contributed by atoms with Gasteiger partial charge in [-0.2, -0.15) is 0 Å². The molecule has 0 saturated carbocycles. The number of methoxy groups -OCH3 is 1. The van der Waals surface area contributed by atoms with Crippen LogP contribution in [0, 0.1) is 0 Å². The number of nitrogens with one attached hydrogen (secondary N) is 1. The Morgan fingerprint density at radius 3 is 2.80 bits per heavy atom. The zero-order valence-corrected chi connectivity index (χ0v) is 8.69. The Hall–Kier alpha value is -1.40. The summed E-state index contributed by atoms with van der Waals surface area (Å²) in [5.41, 5.74) is 5.41. The lowest BCUT2D eigenvalue weighted by Crippen LogP contribution is -2.45. The average molecular weight is 216 g/mol. The van der Waals surface area contributed by atoms with Crippen LogP contribution in [-0.2, 0) is 19.1 Å². The van der Waals surface area contributed by atoms with Crippen LogP contribution in [0.15, 0.2) is 12.7 Å². The molecule has 15 heavy (non-hydrogen) atoms. The quantitative estimate of drug-likeness (QED) is 0.412. The fraction of sp³-hybridized carbons (Fsp3) is 0.556. The topological polar surface area (TPSA) is 90.7 Å². The third kappa shape index (κ3) is 6.64. The van der Waals surface area contributed by atoms with Crippen LogP contribution in [0.25, 0.3) is 0 Å². The van der Waals surface area contributed by atoms with E-state index in [-0.39, 0.29) is 19.8 Å². The van der Waals surface area contributed by atoms with Crippen LogP contribution in [0.3, 0.4) is 0 Å². The normalized spacial score (nSPS) is 11.6. The third-order valence-corrected chi connectivity index (χ3v) is 1.45. The Morgan fingerprint density at radius 2 is 2.27 bits per heavy atom. The van der Waals surface area contributed by atoms with E-state index in [2.05, 4.69) is 21.4 Å². The van der Waals surface area contributed by atoms with Crippen molar-refractivity contribution in [2.24, 2.45) is 5.73 Å². The van der Waals surface area contributed by atoms with E-state index < -0.39 is 17.9 Å². The molecule has 86 valence electrons. The van der Waals surface area contributed by atoms with Crippen molar-refractivity contribution in [1.82, 2.24) is 5.32 Å². The maximum atomic E-state index is 11.2. The molecule has 1 amide bonds. The lowest BCUT2D eigenvalue weighted by molar-refractivity contribution is -0.143. The highest BCUT2D eigenvalue weighted by Crippen LogP contribution is 1.82. The zero-order chi connectivity index (χ0) is 11.7. The number of carbonyl (C=O) groups is 2. The van der Waals surface area contributed by atoms with Crippen molar-refractivity contribution in [3.8, 4) is 0 Å². The highest BCUT2D eigenvalue weighted by atomic mass is 16.5. The molecule has 1 atom stereocenters. The Bertz CT molecular complexity index is 230. The van der Waals surface area contributed by atoms with Gasteiger partial charge in [-0.3, -0.25) is 9.59 Å². The highest BCUT2D eigenvalue weighted by molar-refractivity contribution is 5.85. The first-order valence-electron chi connectivity index (χ1n) is 4.40. The summed E-state index contributed by atoms with van der Waals surface area (Å²) < 4.78 is 9.32. The van der Waals surface area contributed by atoms with Gasteiger partial charge in [-0.25, -0.2) is 0 Å². The first-order chi connectivity index (χ1) is 7.11. The molecule has 0 unspecified atom stereocenters. The molecule has 0 rings (SSSR count). The van der Waals surface area contributed by atoms with Crippen LogP contribution < -0.4 is 11.1 Å². The van der Waals surface area contributed by atoms with E-state index in [1.54, 1.807) is 0 Å². The van der Waals surface area contributed by atoms with E-state index in [0.717, 1.165) is 0 Å². The predicted octanol–water partition coefficient (Wildman–Crippen LogP) is -1.19. The zero-order valence-electron chi connectivity index (χ0n) is 8.69. The van der Waals surface area contributed by atoms with Crippen molar-refractivity contribution in [3.63, 3.8) is 0 Å². The van der Waals surface area contributed by atoms with Crippen LogP contribution in [0.5, 0.6) is 0 Å². The predicted molar refractivity (Wildman–Crippen MR) is 54.0 cm³/mol. The van der Waals surface area contributed by atoms with E-state index >= 15 is 0 Å². The minimum Gasteiger partial charge on any atom is -0.460 e. The number of ether oxygens (including phenoxy) is 2. The van der Waals surface area contributed by atoms with Crippen LogP contribution in [0.1, 0.15) is 0 Å². The molecule has 0 aliphatic heterocycles. The van der Waals surface area contributed by atoms with Gasteiger partial charge in [-0.15, -0.1) is 0 Å². The van der Waals surface area contributed by atoms with E-state index in [4.69, 9.17) is 5.73 Å². The summed E-state index contributed by atoms with van der Waals surface area (Å²) in [5.74, 6) is -0.986. The molecule has 0 heterocycles. The van der Waals surface area contributed by atoms with Gasteiger partial charge in [-0.05, 0) is 0 Å². The SMILES string of the molecule is C=CCOC(=O)CNC(=O)[C@H](N)COC. The van der Waals surface area contributed by atoms with Gasteiger partial charge in [0.25, 0.3) is 0 Å². The molecular formula is C9H16N2O4. The number of rotatable bonds is 7. The van der Waals surface area contributed by atoms with Crippen molar-refractivity contribution in [3.05, 3.63) is 12.7 Å². The number of esters is 1. The average Bonchev–Trinajstić information content (AvgIpc) is 2.23. The van der Waals surface area contributed by atoms with Crippen molar-refractivity contribution < 1.29 is 19.1 Å². The Balaban J connectivity index is 3.69. The molecule has 0 saturated heterocycles. The Labute approximate surface area is 88.4 Å². The molecule has 6 heteroatoms. The smallest absolute Gasteiger partial charge is 0.325 e. The lowest BCUT2D eigenvalue weighted by Gasteiger charge is -2.10. The highest BCUT2D eigenvalue weighted by Gasteiger charge is 2.13. The third-order valence-electron chi connectivity index (χ3n) is 1.45. The van der Waals surface area contributed by atoms with E-state index in [1.165, 1.54) is 13.2 Å². The molecule has 0 bridgehead atoms. The molecule has 0 spiro atoms. The molecule has 0 aromatic heterocycles. The summed E-state index contributed by atoms with van der Waals surface area (Å²) >= 11 is 0. The van der Waals surface area contributed by atoms with Crippen molar-refractivity contribution >= 4 is 11.9 Å². The van der Waals surface area contributed by atoms with E-state index in [1.807, 2.05) is 0 Å². The van der Waals surface area contributed by atoms with Gasteiger partial charge in [0, 0.05) is 7.11 Å². The second-order valence-electron chi connectivity index (χ2n) is 2.75. The Morgan fingerprint density at radius 1 is 1.60 bits per heavy atom. The summed E-state index contributed by atoms with van der Waals surface area (Å²) in [7, 11) is 1.44. The molecule has 0 aromatic carbocycles. The molecule has 3 N–H and O–H groups in total. The molecule has 0 aliphatic rings. The second-order valence-corrected chi connectivity index (χ2v) is 2.75. The van der Waals surface area contributed by atoms with Gasteiger partial charge in [0.05, 0.1) is 6.61 Å². The second kappa shape index (κ2) is 7.95. The van der Waals surface area contributed by atoms with Gasteiger partial charge >= 0.3 is 5.97 Å². The van der Waals surface area contributed by atoms with Crippen LogP contribution >= 0.6 is 0 Å². The van der Waals surface area contributed by atoms with Gasteiger partial charge in [0.2, 0.25) is 5.91 Å². The fourth-order valence-corrected chi connectivity index (χ4v) is 0.749. The summed E-state index contributed by atoms with van der Waals surface area (Å²) in [6.45, 7) is 3.40. The minimum absolute atomic E-state index is 0.105. The summed E-state index contributed by atoms with van der Waals surface area (Å²) in [5, 5.41) is 2.32. The standard InChI is InChI=1S/C9H16N2O4/c1-3-4-15-8(12)5-11-9(13)7(10)6-14-2/h3,7H,1,4-6,10H2,2H3,(H,11,13)/t7-/m1/s1.